The van der Waals surface area contributed by atoms with Crippen molar-refractivity contribution >= 4 is 11.6 Å². The molecule has 14 heavy (non-hydrogen) atoms. The number of anilines is 1. The van der Waals surface area contributed by atoms with Crippen LogP contribution in [0.3, 0.4) is 0 Å². The standard InChI is InChI=1S/C10H12N2O2/c11-6-2-1-5-3-8(13)9(10(12)14)7(5)4-6/h1-2,4,8-9,13H,3,11H2,(H2,12,14). The molecule has 4 heteroatoms. The van der Waals surface area contributed by atoms with Gasteiger partial charge in [0.05, 0.1) is 12.0 Å². The first-order valence-electron chi connectivity index (χ1n) is 4.45. The highest BCUT2D eigenvalue weighted by Gasteiger charge is 2.34. The largest absolute Gasteiger partial charge is 0.399 e. The molecule has 2 unspecified atom stereocenters. The number of amides is 1. The molecule has 0 aliphatic heterocycles. The number of rotatable bonds is 1. The summed E-state index contributed by atoms with van der Waals surface area (Å²) in [5.74, 6) is -1.10. The molecular formula is C10H12N2O2. The first-order valence-corrected chi connectivity index (χ1v) is 4.45. The zero-order chi connectivity index (χ0) is 10.3. The van der Waals surface area contributed by atoms with Gasteiger partial charge >= 0.3 is 0 Å². The molecular weight excluding hydrogens is 180 g/mol. The highest BCUT2D eigenvalue weighted by atomic mass is 16.3. The van der Waals surface area contributed by atoms with E-state index in [1.54, 1.807) is 12.1 Å². The summed E-state index contributed by atoms with van der Waals surface area (Å²) < 4.78 is 0. The molecule has 74 valence electrons. The smallest absolute Gasteiger partial charge is 0.227 e. The maximum atomic E-state index is 11.1. The normalized spacial score (nSPS) is 24.6. The second kappa shape index (κ2) is 2.99. The Kier molecular flexibility index (Phi) is 1.93. The minimum Gasteiger partial charge on any atom is -0.399 e. The average Bonchev–Trinajstić information content (AvgIpc) is 2.40. The predicted molar refractivity (Wildman–Crippen MR) is 52.5 cm³/mol. The van der Waals surface area contributed by atoms with Gasteiger partial charge in [0.2, 0.25) is 5.91 Å². The molecule has 1 aliphatic carbocycles. The van der Waals surface area contributed by atoms with Crippen molar-refractivity contribution in [1.82, 2.24) is 0 Å². The summed E-state index contributed by atoms with van der Waals surface area (Å²) in [5, 5.41) is 9.63. The van der Waals surface area contributed by atoms with Crippen molar-refractivity contribution in [1.29, 1.82) is 0 Å². The van der Waals surface area contributed by atoms with Gasteiger partial charge in [-0.25, -0.2) is 0 Å². The Labute approximate surface area is 81.5 Å². The van der Waals surface area contributed by atoms with E-state index in [9.17, 15) is 9.90 Å². The molecule has 0 bridgehead atoms. The molecule has 1 amide bonds. The van der Waals surface area contributed by atoms with Gasteiger partial charge in [-0.15, -0.1) is 0 Å². The summed E-state index contributed by atoms with van der Waals surface area (Å²) in [5.41, 5.74) is 13.1. The van der Waals surface area contributed by atoms with Crippen LogP contribution in [-0.2, 0) is 11.2 Å². The Balaban J connectivity index is 2.49. The summed E-state index contributed by atoms with van der Waals surface area (Å²) in [4.78, 5) is 11.1. The topological polar surface area (TPSA) is 89.3 Å². The molecule has 0 saturated carbocycles. The van der Waals surface area contributed by atoms with Gasteiger partial charge in [0.25, 0.3) is 0 Å². The SMILES string of the molecule is NC(=O)C1c2cc(N)ccc2CC1O. The zero-order valence-electron chi connectivity index (χ0n) is 7.60. The van der Waals surface area contributed by atoms with Crippen molar-refractivity contribution in [2.24, 2.45) is 5.73 Å². The van der Waals surface area contributed by atoms with Gasteiger partial charge in [-0.1, -0.05) is 6.07 Å². The molecule has 1 aromatic carbocycles. The van der Waals surface area contributed by atoms with Gasteiger partial charge in [0.1, 0.15) is 0 Å². The third-order valence-electron chi connectivity index (χ3n) is 2.63. The van der Waals surface area contributed by atoms with Gasteiger partial charge in [-0.05, 0) is 29.7 Å². The van der Waals surface area contributed by atoms with Gasteiger partial charge in [0, 0.05) is 5.69 Å². The molecule has 0 aromatic heterocycles. The van der Waals surface area contributed by atoms with Crippen LogP contribution in [0.2, 0.25) is 0 Å². The minimum atomic E-state index is -0.704. The number of aliphatic hydroxyl groups excluding tert-OH is 1. The van der Waals surface area contributed by atoms with Gasteiger partial charge in [0.15, 0.2) is 0 Å². The van der Waals surface area contributed by atoms with Crippen LogP contribution in [0.15, 0.2) is 18.2 Å². The second-order valence-corrected chi connectivity index (χ2v) is 3.61. The maximum Gasteiger partial charge on any atom is 0.227 e. The lowest BCUT2D eigenvalue weighted by molar-refractivity contribution is -0.121. The summed E-state index contributed by atoms with van der Waals surface area (Å²) in [6, 6.07) is 5.30. The van der Waals surface area contributed by atoms with E-state index in [1.165, 1.54) is 0 Å². The Morgan fingerprint density at radius 2 is 2.21 bits per heavy atom. The van der Waals surface area contributed by atoms with E-state index in [1.807, 2.05) is 6.07 Å². The van der Waals surface area contributed by atoms with E-state index < -0.39 is 17.9 Å². The molecule has 1 aromatic rings. The van der Waals surface area contributed by atoms with E-state index in [0.717, 1.165) is 11.1 Å². The summed E-state index contributed by atoms with van der Waals surface area (Å²) in [6.45, 7) is 0. The average molecular weight is 192 g/mol. The van der Waals surface area contributed by atoms with Crippen molar-refractivity contribution in [3.05, 3.63) is 29.3 Å². The summed E-state index contributed by atoms with van der Waals surface area (Å²) >= 11 is 0. The van der Waals surface area contributed by atoms with Crippen LogP contribution in [-0.4, -0.2) is 17.1 Å². The van der Waals surface area contributed by atoms with Gasteiger partial charge in [-0.3, -0.25) is 4.79 Å². The number of hydrogen-bond donors (Lipinski definition) is 3. The molecule has 4 nitrogen and oxygen atoms in total. The lowest BCUT2D eigenvalue weighted by atomic mass is 9.99. The fourth-order valence-corrected chi connectivity index (χ4v) is 1.98. The van der Waals surface area contributed by atoms with Gasteiger partial charge < -0.3 is 16.6 Å². The van der Waals surface area contributed by atoms with Crippen LogP contribution < -0.4 is 11.5 Å². The maximum absolute atomic E-state index is 11.1. The van der Waals surface area contributed by atoms with Crippen LogP contribution in [0.4, 0.5) is 5.69 Å². The molecule has 1 aliphatic rings. The van der Waals surface area contributed by atoms with Crippen molar-refractivity contribution < 1.29 is 9.90 Å². The molecule has 0 fully saturated rings. The lowest BCUT2D eigenvalue weighted by Gasteiger charge is -2.11. The third-order valence-corrected chi connectivity index (χ3v) is 2.63. The molecule has 2 rings (SSSR count). The van der Waals surface area contributed by atoms with Crippen LogP contribution in [0, 0.1) is 0 Å². The fourth-order valence-electron chi connectivity index (χ4n) is 1.98. The number of aliphatic hydroxyl groups is 1. The fraction of sp³-hybridized carbons (Fsp3) is 0.300. The molecule has 2 atom stereocenters. The Morgan fingerprint density at radius 1 is 1.50 bits per heavy atom. The molecule has 5 N–H and O–H groups in total. The monoisotopic (exact) mass is 192 g/mol. The number of hydrogen-bond acceptors (Lipinski definition) is 3. The summed E-state index contributed by atoms with van der Waals surface area (Å²) in [6.07, 6.45) is -0.229. The minimum absolute atomic E-state index is 0.475. The second-order valence-electron chi connectivity index (χ2n) is 3.61. The number of nitrogen functional groups attached to an aromatic ring is 1. The van der Waals surface area contributed by atoms with E-state index in [0.29, 0.717) is 12.1 Å². The van der Waals surface area contributed by atoms with E-state index >= 15 is 0 Å². The predicted octanol–water partition coefficient (Wildman–Crippen LogP) is -0.245. The van der Waals surface area contributed by atoms with Crippen LogP contribution in [0.25, 0.3) is 0 Å². The van der Waals surface area contributed by atoms with Crippen LogP contribution in [0.5, 0.6) is 0 Å². The van der Waals surface area contributed by atoms with Crippen LogP contribution >= 0.6 is 0 Å². The molecule has 0 heterocycles. The van der Waals surface area contributed by atoms with E-state index in [4.69, 9.17) is 11.5 Å². The third kappa shape index (κ3) is 1.24. The quantitative estimate of drug-likeness (QED) is 0.536. The Morgan fingerprint density at radius 3 is 2.86 bits per heavy atom. The Hall–Kier alpha value is -1.55. The number of primary amides is 1. The number of nitrogens with two attached hydrogens (primary N) is 2. The highest BCUT2D eigenvalue weighted by Crippen LogP contribution is 2.34. The highest BCUT2D eigenvalue weighted by molar-refractivity contribution is 5.84. The summed E-state index contributed by atoms with van der Waals surface area (Å²) in [7, 11) is 0. The molecule has 0 saturated heterocycles. The van der Waals surface area contributed by atoms with Crippen molar-refractivity contribution in [2.75, 3.05) is 5.73 Å². The van der Waals surface area contributed by atoms with Gasteiger partial charge in [-0.2, -0.15) is 0 Å². The number of benzene rings is 1. The molecule has 0 spiro atoms. The van der Waals surface area contributed by atoms with Crippen molar-refractivity contribution in [3.63, 3.8) is 0 Å². The van der Waals surface area contributed by atoms with Crippen LogP contribution in [0.1, 0.15) is 17.0 Å². The van der Waals surface area contributed by atoms with Crippen molar-refractivity contribution in [2.45, 2.75) is 18.4 Å². The first-order chi connectivity index (χ1) is 6.59. The number of carbonyl (C=O) groups is 1. The molecule has 0 radical (unpaired) electrons. The zero-order valence-corrected chi connectivity index (χ0v) is 7.60. The Bertz CT molecular complexity index is 390. The first kappa shape index (κ1) is 9.02. The van der Waals surface area contributed by atoms with E-state index in [2.05, 4.69) is 0 Å². The number of fused-ring (bicyclic) bond motifs is 1. The number of carbonyl (C=O) groups excluding carboxylic acids is 1. The van der Waals surface area contributed by atoms with Crippen molar-refractivity contribution in [3.8, 4) is 0 Å². The van der Waals surface area contributed by atoms with E-state index in [-0.39, 0.29) is 0 Å². The lowest BCUT2D eigenvalue weighted by Crippen LogP contribution is -2.28.